The standard InChI is InChI=1S/2C7H7NO3.O.V/c2*9-6-4-2-1-3-5(6)7(10)8-11;;/h2*1-4,9,11H,(H,8,10);;/q;;;+2/p-2. The number of hydrogen-bond donors (Lipinski definition) is 4. The fraction of sp³-hybridized carbons (Fsp3) is 0. The first-order valence-corrected chi connectivity index (χ1v) is 6.67. The monoisotopic (exact) mass is 371 g/mol. The van der Waals surface area contributed by atoms with E-state index < -0.39 is 23.3 Å². The van der Waals surface area contributed by atoms with Crippen molar-refractivity contribution in [2.45, 2.75) is 0 Å². The number of benzene rings is 2. The van der Waals surface area contributed by atoms with Crippen molar-refractivity contribution >= 4 is 11.8 Å². The first kappa shape index (κ1) is 21.3. The van der Waals surface area contributed by atoms with Gasteiger partial charge in [0.05, 0.1) is 0 Å². The molecule has 0 aliphatic heterocycles. The van der Waals surface area contributed by atoms with Gasteiger partial charge in [-0.05, 0) is 0 Å². The molecule has 9 nitrogen and oxygen atoms in total. The first-order valence-electron chi connectivity index (χ1n) is 6.10. The van der Waals surface area contributed by atoms with Crippen LogP contribution in [0.1, 0.15) is 20.7 Å². The van der Waals surface area contributed by atoms with E-state index in [1.165, 1.54) is 47.4 Å². The van der Waals surface area contributed by atoms with E-state index in [2.05, 4.69) is 0 Å². The molecule has 2 aromatic rings. The summed E-state index contributed by atoms with van der Waals surface area (Å²) in [6, 6.07) is 11.3. The van der Waals surface area contributed by atoms with Gasteiger partial charge in [-0.25, -0.2) is 11.0 Å². The summed E-state index contributed by atoms with van der Waals surface area (Å²) in [5, 5.41) is 38.0. The van der Waals surface area contributed by atoms with Crippen LogP contribution in [0.15, 0.2) is 48.5 Å². The predicted octanol–water partition coefficient (Wildman–Crippen LogP) is -0.363. The van der Waals surface area contributed by atoms with Crippen LogP contribution in [0, 0.1) is 0 Å². The molecule has 4 N–H and O–H groups in total. The Morgan fingerprint density at radius 3 is 1.29 bits per heavy atom. The van der Waals surface area contributed by atoms with Crippen molar-refractivity contribution in [1.29, 1.82) is 0 Å². The van der Waals surface area contributed by atoms with Crippen molar-refractivity contribution in [1.82, 2.24) is 11.0 Å². The molecule has 0 fully saturated rings. The minimum atomic E-state index is -0.782. The van der Waals surface area contributed by atoms with E-state index in [1.807, 2.05) is 0 Å². The quantitative estimate of drug-likeness (QED) is 0.414. The van der Waals surface area contributed by atoms with Crippen molar-refractivity contribution in [2.75, 3.05) is 0 Å². The molecule has 0 aliphatic rings. The summed E-state index contributed by atoms with van der Waals surface area (Å²) in [6.45, 7) is 0. The molecular formula is C14H12N2O7V. The Hall–Kier alpha value is -2.72. The van der Waals surface area contributed by atoms with Gasteiger partial charge in [-0.1, -0.05) is 60.0 Å². The third-order valence-corrected chi connectivity index (χ3v) is 2.47. The first-order chi connectivity index (χ1) is 11.5. The minimum absolute atomic E-state index is 0.0602. The predicted molar refractivity (Wildman–Crippen MR) is 71.0 cm³/mol. The van der Waals surface area contributed by atoms with Crippen LogP contribution < -0.4 is 21.2 Å². The van der Waals surface area contributed by atoms with Crippen LogP contribution in [0.25, 0.3) is 0 Å². The van der Waals surface area contributed by atoms with Crippen molar-refractivity contribution in [3.8, 4) is 11.5 Å². The van der Waals surface area contributed by atoms with Crippen LogP contribution in [0.5, 0.6) is 11.5 Å². The number of carbonyl (C=O) groups excluding carboxylic acids is 2. The number of para-hydroxylation sites is 2. The van der Waals surface area contributed by atoms with Crippen LogP contribution in [0.3, 0.4) is 0 Å². The molecule has 125 valence electrons. The van der Waals surface area contributed by atoms with Crippen molar-refractivity contribution in [3.63, 3.8) is 0 Å². The summed E-state index contributed by atoms with van der Waals surface area (Å²) < 4.78 is 8.19. The Bertz CT molecular complexity index is 624. The maximum atomic E-state index is 10.8. The topological polar surface area (TPSA) is 162 Å². The van der Waals surface area contributed by atoms with E-state index in [4.69, 9.17) is 14.1 Å². The molecule has 0 spiro atoms. The average molecular weight is 371 g/mol. The second-order valence-corrected chi connectivity index (χ2v) is 3.87. The molecule has 0 heterocycles. The molecule has 24 heavy (non-hydrogen) atoms. The Morgan fingerprint density at radius 1 is 0.750 bits per heavy atom. The molecule has 10 heteroatoms. The molecule has 0 saturated carbocycles. The Labute approximate surface area is 145 Å². The number of hydrogen-bond acceptors (Lipinski definition) is 7. The number of carbonyl (C=O) groups is 2. The second kappa shape index (κ2) is 11.8. The van der Waals surface area contributed by atoms with Gasteiger partial charge in [0.2, 0.25) is 0 Å². The zero-order valence-electron chi connectivity index (χ0n) is 12.0. The van der Waals surface area contributed by atoms with Crippen LogP contribution in [0.4, 0.5) is 0 Å². The van der Waals surface area contributed by atoms with Gasteiger partial charge in [-0.2, -0.15) is 0 Å². The van der Waals surface area contributed by atoms with Gasteiger partial charge >= 0.3 is 21.0 Å². The van der Waals surface area contributed by atoms with Crippen LogP contribution in [-0.2, 0) is 21.0 Å². The molecule has 0 saturated heterocycles. The van der Waals surface area contributed by atoms with E-state index in [-0.39, 0.29) is 11.1 Å². The second-order valence-electron chi connectivity index (χ2n) is 3.87. The van der Waals surface area contributed by atoms with Crippen molar-refractivity contribution in [3.05, 3.63) is 59.7 Å². The number of rotatable bonds is 2. The van der Waals surface area contributed by atoms with E-state index >= 15 is 0 Å². The summed E-state index contributed by atoms with van der Waals surface area (Å²) in [7, 11) is 0. The molecule has 0 aromatic heterocycles. The summed E-state index contributed by atoms with van der Waals surface area (Å²) in [5.74, 6) is -2.37. The zero-order chi connectivity index (χ0) is 18.5. The molecule has 2 amide bonds. The van der Waals surface area contributed by atoms with Gasteiger partial charge in [0.25, 0.3) is 11.8 Å². The summed E-state index contributed by atoms with van der Waals surface area (Å²) in [5.41, 5.74) is 2.65. The molecule has 0 bridgehead atoms. The number of nitrogens with one attached hydrogen (secondary N) is 2. The van der Waals surface area contributed by atoms with Gasteiger partial charge in [-0.15, -0.1) is 0 Å². The summed E-state index contributed by atoms with van der Waals surface area (Å²) in [6.07, 6.45) is 0. The maximum absolute atomic E-state index is 10.8. The van der Waals surface area contributed by atoms with Gasteiger partial charge in [0.1, 0.15) is 0 Å². The van der Waals surface area contributed by atoms with Crippen molar-refractivity contribution < 1.29 is 51.3 Å². The molecular weight excluding hydrogens is 359 g/mol. The third kappa shape index (κ3) is 6.59. The number of hydroxylamine groups is 2. The van der Waals surface area contributed by atoms with E-state index in [0.29, 0.717) is 0 Å². The fourth-order valence-corrected chi connectivity index (χ4v) is 1.43. The molecule has 0 atom stereocenters. The zero-order valence-corrected chi connectivity index (χ0v) is 13.4. The molecule has 0 aliphatic carbocycles. The van der Waals surface area contributed by atoms with E-state index in [1.54, 1.807) is 12.1 Å². The van der Waals surface area contributed by atoms with Gasteiger partial charge in [-0.3, -0.25) is 20.0 Å². The van der Waals surface area contributed by atoms with Crippen LogP contribution in [0.2, 0.25) is 0 Å². The Balaban J connectivity index is 0.000000400. The average Bonchev–Trinajstić information content (AvgIpc) is 2.63. The van der Waals surface area contributed by atoms with E-state index in [9.17, 15) is 19.8 Å². The number of amides is 2. The SMILES string of the molecule is O=C(NO)c1ccccc1[O-].O=C(NO)c1ccccc1[O-].[O]=[V+2]. The Kier molecular flexibility index (Phi) is 10.5. The normalized spacial score (nSPS) is 8.67. The van der Waals surface area contributed by atoms with Crippen molar-refractivity contribution in [2.24, 2.45) is 0 Å². The van der Waals surface area contributed by atoms with E-state index in [0.717, 1.165) is 17.4 Å². The van der Waals surface area contributed by atoms with Gasteiger partial charge in [0.15, 0.2) is 0 Å². The Morgan fingerprint density at radius 2 is 1.04 bits per heavy atom. The molecule has 2 aromatic carbocycles. The summed E-state index contributed by atoms with van der Waals surface area (Å²) in [4.78, 5) is 21.3. The molecule has 0 radical (unpaired) electrons. The fourth-order valence-electron chi connectivity index (χ4n) is 1.43. The van der Waals surface area contributed by atoms with Gasteiger partial charge in [0, 0.05) is 11.1 Å². The molecule has 2 rings (SSSR count). The van der Waals surface area contributed by atoms with Crippen LogP contribution in [-0.4, -0.2) is 22.2 Å². The third-order valence-electron chi connectivity index (χ3n) is 2.47. The van der Waals surface area contributed by atoms with Gasteiger partial charge < -0.3 is 10.2 Å². The summed E-state index contributed by atoms with van der Waals surface area (Å²) >= 11 is 1.06. The van der Waals surface area contributed by atoms with Crippen LogP contribution >= 0.6 is 0 Å². The molecule has 0 unspecified atom stereocenters.